The lowest BCUT2D eigenvalue weighted by atomic mass is 9.84. The van der Waals surface area contributed by atoms with Gasteiger partial charge in [-0.1, -0.05) is 6.92 Å². The molecule has 0 aromatic rings. The molecule has 7 N–H and O–H groups in total. The zero-order valence-electron chi connectivity index (χ0n) is 12.1. The molecule has 0 aromatic carbocycles. The van der Waals surface area contributed by atoms with Gasteiger partial charge >= 0.3 is 0 Å². The molecule has 2 rings (SSSR count). The zero-order valence-corrected chi connectivity index (χ0v) is 12.1. The predicted octanol–water partition coefficient (Wildman–Crippen LogP) is -2.71. The van der Waals surface area contributed by atoms with Crippen LogP contribution in [0.3, 0.4) is 0 Å². The minimum atomic E-state index is -1.64. The van der Waals surface area contributed by atoms with Crippen molar-refractivity contribution < 1.29 is 35.0 Å². The molecule has 124 valence electrons. The van der Waals surface area contributed by atoms with Crippen LogP contribution in [0.15, 0.2) is 0 Å². The molecule has 0 amide bonds. The third kappa shape index (κ3) is 3.22. The van der Waals surface area contributed by atoms with E-state index < -0.39 is 49.0 Å². The Morgan fingerprint density at radius 1 is 0.905 bits per heavy atom. The van der Waals surface area contributed by atoms with Gasteiger partial charge in [-0.3, -0.25) is 0 Å². The second-order valence-electron chi connectivity index (χ2n) is 6.14. The quantitative estimate of drug-likeness (QED) is 0.323. The van der Waals surface area contributed by atoms with E-state index in [4.69, 9.17) is 15.2 Å². The first-order valence-electron chi connectivity index (χ1n) is 7.21. The van der Waals surface area contributed by atoms with Crippen molar-refractivity contribution in [2.75, 3.05) is 0 Å². The highest BCUT2D eigenvalue weighted by molar-refractivity contribution is 5.00. The topological polar surface area (TPSA) is 146 Å². The van der Waals surface area contributed by atoms with Crippen LogP contribution in [0.1, 0.15) is 20.3 Å². The molecule has 2 aliphatic rings. The second-order valence-corrected chi connectivity index (χ2v) is 6.14. The monoisotopic (exact) mass is 307 g/mol. The van der Waals surface area contributed by atoms with E-state index in [-0.39, 0.29) is 12.0 Å². The van der Waals surface area contributed by atoms with Gasteiger partial charge in [-0.25, -0.2) is 0 Å². The van der Waals surface area contributed by atoms with E-state index in [1.807, 2.05) is 13.8 Å². The van der Waals surface area contributed by atoms with Crippen LogP contribution >= 0.6 is 0 Å². The summed E-state index contributed by atoms with van der Waals surface area (Å²) in [4.78, 5) is 0. The summed E-state index contributed by atoms with van der Waals surface area (Å²) in [5.74, 6) is 0.249. The normalized spacial score (nSPS) is 55.4. The summed E-state index contributed by atoms with van der Waals surface area (Å²) in [5, 5.41) is 48.7. The summed E-state index contributed by atoms with van der Waals surface area (Å²) in [6.07, 6.45) is -9.60. The Labute approximate surface area is 123 Å². The maximum Gasteiger partial charge on any atom is 0.173 e. The Morgan fingerprint density at radius 3 is 1.90 bits per heavy atom. The highest BCUT2D eigenvalue weighted by atomic mass is 16.7. The standard InChI is InChI=1S/C13H25NO7/c1-4-3-6(14)13(20-5(4)2)21-12-10(18)8(16)7(15)9(17)11(12)19/h4-13,15-19H,3,14H2,1-2H3/t4-,5+,6-,7?,8-,9-,10-,11+,12?,13+/m0/s1. The fourth-order valence-corrected chi connectivity index (χ4v) is 2.82. The van der Waals surface area contributed by atoms with Crippen molar-refractivity contribution in [3.8, 4) is 0 Å². The van der Waals surface area contributed by atoms with E-state index >= 15 is 0 Å². The van der Waals surface area contributed by atoms with Crippen molar-refractivity contribution in [3.05, 3.63) is 0 Å². The summed E-state index contributed by atoms with van der Waals surface area (Å²) in [6, 6.07) is -0.447. The van der Waals surface area contributed by atoms with Crippen LogP contribution < -0.4 is 5.73 Å². The van der Waals surface area contributed by atoms with Gasteiger partial charge in [0.05, 0.1) is 12.1 Å². The van der Waals surface area contributed by atoms with E-state index in [0.29, 0.717) is 6.42 Å². The van der Waals surface area contributed by atoms with E-state index in [0.717, 1.165) is 0 Å². The van der Waals surface area contributed by atoms with E-state index in [2.05, 4.69) is 0 Å². The van der Waals surface area contributed by atoms with Gasteiger partial charge in [0.1, 0.15) is 36.6 Å². The molecule has 1 aliphatic heterocycles. The highest BCUT2D eigenvalue weighted by Crippen LogP contribution is 2.29. The summed E-state index contributed by atoms with van der Waals surface area (Å²) in [6.45, 7) is 3.86. The lowest BCUT2D eigenvalue weighted by Gasteiger charge is -2.45. The van der Waals surface area contributed by atoms with E-state index in [9.17, 15) is 25.5 Å². The van der Waals surface area contributed by atoms with Gasteiger partial charge in [-0.05, 0) is 19.3 Å². The summed E-state index contributed by atoms with van der Waals surface area (Å²) in [7, 11) is 0. The van der Waals surface area contributed by atoms with Gasteiger partial charge in [-0.15, -0.1) is 0 Å². The fourth-order valence-electron chi connectivity index (χ4n) is 2.82. The molecule has 1 saturated carbocycles. The van der Waals surface area contributed by atoms with E-state index in [1.54, 1.807) is 0 Å². The van der Waals surface area contributed by atoms with Gasteiger partial charge in [0.15, 0.2) is 6.29 Å². The number of aliphatic hydroxyl groups excluding tert-OH is 5. The van der Waals surface area contributed by atoms with Crippen LogP contribution in [-0.4, -0.2) is 80.6 Å². The molecule has 1 aliphatic carbocycles. The van der Waals surface area contributed by atoms with Crippen molar-refractivity contribution in [1.82, 2.24) is 0 Å². The van der Waals surface area contributed by atoms with Gasteiger partial charge in [0, 0.05) is 0 Å². The first kappa shape index (κ1) is 17.0. The van der Waals surface area contributed by atoms with Crippen molar-refractivity contribution in [1.29, 1.82) is 0 Å². The molecular formula is C13H25NO7. The van der Waals surface area contributed by atoms with Crippen LogP contribution in [0.2, 0.25) is 0 Å². The number of nitrogens with two attached hydrogens (primary N) is 1. The number of ether oxygens (including phenoxy) is 2. The molecular weight excluding hydrogens is 282 g/mol. The van der Waals surface area contributed by atoms with Crippen LogP contribution in [0, 0.1) is 5.92 Å². The van der Waals surface area contributed by atoms with Gasteiger partial charge < -0.3 is 40.7 Å². The number of aliphatic hydroxyl groups is 5. The molecule has 2 fully saturated rings. The van der Waals surface area contributed by atoms with Crippen LogP contribution in [-0.2, 0) is 9.47 Å². The molecule has 10 atom stereocenters. The Balaban J connectivity index is 2.07. The molecule has 1 heterocycles. The average molecular weight is 307 g/mol. The Morgan fingerprint density at radius 2 is 1.38 bits per heavy atom. The summed E-state index contributed by atoms with van der Waals surface area (Å²) in [5.41, 5.74) is 5.95. The molecule has 2 unspecified atom stereocenters. The van der Waals surface area contributed by atoms with Gasteiger partial charge in [-0.2, -0.15) is 0 Å². The molecule has 0 bridgehead atoms. The zero-order chi connectivity index (χ0) is 15.9. The lowest BCUT2D eigenvalue weighted by molar-refractivity contribution is -0.296. The van der Waals surface area contributed by atoms with Crippen molar-refractivity contribution in [2.24, 2.45) is 11.7 Å². The first-order chi connectivity index (χ1) is 9.73. The number of hydrogen-bond acceptors (Lipinski definition) is 8. The largest absolute Gasteiger partial charge is 0.387 e. The third-order valence-electron chi connectivity index (χ3n) is 4.51. The Kier molecular flexibility index (Phi) is 5.22. The molecule has 0 aromatic heterocycles. The molecule has 8 heteroatoms. The van der Waals surface area contributed by atoms with Crippen LogP contribution in [0.25, 0.3) is 0 Å². The summed E-state index contributed by atoms with van der Waals surface area (Å²) < 4.78 is 11.1. The maximum absolute atomic E-state index is 9.93. The number of hydrogen-bond donors (Lipinski definition) is 6. The van der Waals surface area contributed by atoms with Crippen molar-refractivity contribution in [2.45, 2.75) is 75.3 Å². The average Bonchev–Trinajstić information content (AvgIpc) is 2.44. The van der Waals surface area contributed by atoms with Crippen LogP contribution in [0.5, 0.6) is 0 Å². The minimum Gasteiger partial charge on any atom is -0.387 e. The smallest absolute Gasteiger partial charge is 0.173 e. The summed E-state index contributed by atoms with van der Waals surface area (Å²) >= 11 is 0. The lowest BCUT2D eigenvalue weighted by Crippen LogP contribution is -2.66. The maximum atomic E-state index is 9.93. The van der Waals surface area contributed by atoms with Crippen LogP contribution in [0.4, 0.5) is 0 Å². The molecule has 21 heavy (non-hydrogen) atoms. The molecule has 0 spiro atoms. The van der Waals surface area contributed by atoms with Gasteiger partial charge in [0.25, 0.3) is 0 Å². The number of rotatable bonds is 2. The molecule has 8 nitrogen and oxygen atoms in total. The predicted molar refractivity (Wildman–Crippen MR) is 71.0 cm³/mol. The third-order valence-corrected chi connectivity index (χ3v) is 4.51. The first-order valence-corrected chi connectivity index (χ1v) is 7.21. The Hall–Kier alpha value is -0.320. The SMILES string of the molecule is C[C@H]1C[C@H](N)[C@@H](OC2[C@@H](O)[C@@H](O)C(O)[C@H](O)[C@H]2O)O[C@@H]1C. The Bertz CT molecular complexity index is 341. The van der Waals surface area contributed by atoms with E-state index in [1.165, 1.54) is 0 Å². The fraction of sp³-hybridized carbons (Fsp3) is 1.00. The second kappa shape index (κ2) is 6.43. The van der Waals surface area contributed by atoms with Crippen molar-refractivity contribution in [3.63, 3.8) is 0 Å². The minimum absolute atomic E-state index is 0.104. The molecule has 0 radical (unpaired) electrons. The highest BCUT2D eigenvalue weighted by Gasteiger charge is 2.50. The van der Waals surface area contributed by atoms with Gasteiger partial charge in [0.2, 0.25) is 0 Å². The molecule has 1 saturated heterocycles. The van der Waals surface area contributed by atoms with Crippen molar-refractivity contribution >= 4 is 0 Å².